The first-order valence-corrected chi connectivity index (χ1v) is 6.85. The number of nitrogens with zero attached hydrogens (tertiary/aromatic N) is 5. The van der Waals surface area contributed by atoms with Crippen LogP contribution in [0.25, 0.3) is 5.78 Å². The van der Waals surface area contributed by atoms with E-state index in [1.807, 2.05) is 18.5 Å². The maximum Gasteiger partial charge on any atom is 0.254 e. The second-order valence-corrected chi connectivity index (χ2v) is 5.24. The summed E-state index contributed by atoms with van der Waals surface area (Å²) >= 11 is 0. The number of hydrogen-bond donors (Lipinski definition) is 1. The average molecular weight is 260 g/mol. The lowest BCUT2D eigenvalue weighted by Crippen LogP contribution is -2.40. The molecule has 1 aliphatic heterocycles. The van der Waals surface area contributed by atoms with Gasteiger partial charge in [0.15, 0.2) is 0 Å². The van der Waals surface area contributed by atoms with Crippen LogP contribution in [0.5, 0.6) is 0 Å². The number of aryl methyl sites for hydroxylation is 1. The molecular weight excluding hydrogens is 240 g/mol. The van der Waals surface area contributed by atoms with Crippen molar-refractivity contribution in [2.24, 2.45) is 5.92 Å². The summed E-state index contributed by atoms with van der Waals surface area (Å²) in [6, 6.07) is 2.10. The van der Waals surface area contributed by atoms with Gasteiger partial charge in [0.1, 0.15) is 12.1 Å². The van der Waals surface area contributed by atoms with Gasteiger partial charge < -0.3 is 10.2 Å². The van der Waals surface area contributed by atoms with E-state index < -0.39 is 0 Å². The van der Waals surface area contributed by atoms with Gasteiger partial charge in [-0.2, -0.15) is 14.6 Å². The lowest BCUT2D eigenvalue weighted by atomic mass is 9.98. The minimum atomic E-state index is 0.686. The van der Waals surface area contributed by atoms with Crippen molar-refractivity contribution in [2.45, 2.75) is 19.8 Å². The number of anilines is 1. The Labute approximate surface area is 112 Å². The summed E-state index contributed by atoms with van der Waals surface area (Å²) in [4.78, 5) is 11.0. The van der Waals surface area contributed by atoms with Crippen molar-refractivity contribution >= 4 is 11.6 Å². The molecular formula is C13H20N6. The van der Waals surface area contributed by atoms with Crippen LogP contribution < -0.4 is 10.2 Å². The number of rotatable bonds is 3. The third-order valence-corrected chi connectivity index (χ3v) is 3.70. The second-order valence-electron chi connectivity index (χ2n) is 5.24. The monoisotopic (exact) mass is 260 g/mol. The molecule has 3 heterocycles. The first-order valence-electron chi connectivity index (χ1n) is 6.85. The molecule has 0 aromatic carbocycles. The smallest absolute Gasteiger partial charge is 0.254 e. The van der Waals surface area contributed by atoms with Crippen molar-refractivity contribution in [3.05, 3.63) is 18.1 Å². The van der Waals surface area contributed by atoms with Crippen LogP contribution in [0.3, 0.4) is 0 Å². The standard InChI is InChI=1S/C13H20N6/c1-10-6-12(19-13(17-10)15-9-16-19)18-5-3-4-11(8-18)7-14-2/h6,9,11,14H,3-5,7-8H2,1-2H3. The van der Waals surface area contributed by atoms with Gasteiger partial charge in [-0.1, -0.05) is 0 Å². The van der Waals surface area contributed by atoms with Gasteiger partial charge >= 0.3 is 0 Å². The van der Waals surface area contributed by atoms with E-state index in [-0.39, 0.29) is 0 Å². The largest absolute Gasteiger partial charge is 0.356 e. The zero-order chi connectivity index (χ0) is 13.2. The fourth-order valence-corrected chi connectivity index (χ4v) is 2.86. The first-order chi connectivity index (χ1) is 9.28. The molecule has 0 aliphatic carbocycles. The lowest BCUT2D eigenvalue weighted by molar-refractivity contribution is 0.400. The third kappa shape index (κ3) is 2.40. The van der Waals surface area contributed by atoms with Gasteiger partial charge in [0.05, 0.1) is 0 Å². The molecule has 1 N–H and O–H groups in total. The summed E-state index contributed by atoms with van der Waals surface area (Å²) in [7, 11) is 2.02. The van der Waals surface area contributed by atoms with Crippen LogP contribution >= 0.6 is 0 Å². The second kappa shape index (κ2) is 5.13. The van der Waals surface area contributed by atoms with Gasteiger partial charge in [-0.05, 0) is 39.3 Å². The maximum atomic E-state index is 4.40. The third-order valence-electron chi connectivity index (χ3n) is 3.70. The Kier molecular flexibility index (Phi) is 3.33. The Morgan fingerprint density at radius 2 is 2.37 bits per heavy atom. The van der Waals surface area contributed by atoms with E-state index in [2.05, 4.69) is 31.3 Å². The summed E-state index contributed by atoms with van der Waals surface area (Å²) in [5.41, 5.74) is 0.992. The molecule has 1 saturated heterocycles. The molecule has 0 radical (unpaired) electrons. The van der Waals surface area contributed by atoms with E-state index in [4.69, 9.17) is 0 Å². The SMILES string of the molecule is CNCC1CCCN(c2cc(C)nc3ncnn23)C1. The molecule has 1 aliphatic rings. The van der Waals surface area contributed by atoms with E-state index in [1.54, 1.807) is 6.33 Å². The molecule has 0 amide bonds. The van der Waals surface area contributed by atoms with Crippen molar-refractivity contribution in [1.29, 1.82) is 0 Å². The lowest BCUT2D eigenvalue weighted by Gasteiger charge is -2.34. The van der Waals surface area contributed by atoms with Gasteiger partial charge in [0, 0.05) is 24.8 Å². The van der Waals surface area contributed by atoms with Gasteiger partial charge in [-0.15, -0.1) is 0 Å². The predicted octanol–water partition coefficient (Wildman–Crippen LogP) is 0.869. The van der Waals surface area contributed by atoms with Crippen molar-refractivity contribution in [2.75, 3.05) is 31.6 Å². The molecule has 0 saturated carbocycles. The zero-order valence-corrected chi connectivity index (χ0v) is 11.5. The van der Waals surface area contributed by atoms with Crippen molar-refractivity contribution in [3.63, 3.8) is 0 Å². The molecule has 1 unspecified atom stereocenters. The van der Waals surface area contributed by atoms with E-state index in [1.165, 1.54) is 12.8 Å². The normalized spacial score (nSPS) is 20.1. The highest BCUT2D eigenvalue weighted by Crippen LogP contribution is 2.23. The predicted molar refractivity (Wildman–Crippen MR) is 74.4 cm³/mol. The molecule has 0 bridgehead atoms. The number of fused-ring (bicyclic) bond motifs is 1. The highest BCUT2D eigenvalue weighted by molar-refractivity contribution is 5.47. The van der Waals surface area contributed by atoms with E-state index in [0.717, 1.165) is 31.1 Å². The fourth-order valence-electron chi connectivity index (χ4n) is 2.86. The Balaban J connectivity index is 1.92. The van der Waals surface area contributed by atoms with Gasteiger partial charge in [0.25, 0.3) is 5.78 Å². The van der Waals surface area contributed by atoms with Crippen molar-refractivity contribution in [3.8, 4) is 0 Å². The minimum Gasteiger partial charge on any atom is -0.356 e. The van der Waals surface area contributed by atoms with Crippen LogP contribution in [0.4, 0.5) is 5.82 Å². The van der Waals surface area contributed by atoms with E-state index in [9.17, 15) is 0 Å². The Morgan fingerprint density at radius 3 is 3.21 bits per heavy atom. The van der Waals surface area contributed by atoms with Crippen LogP contribution in [-0.4, -0.2) is 46.3 Å². The number of aromatic nitrogens is 4. The summed E-state index contributed by atoms with van der Waals surface area (Å²) in [6.07, 6.45) is 4.09. The molecule has 1 fully saturated rings. The van der Waals surface area contributed by atoms with Gasteiger partial charge in [0.2, 0.25) is 0 Å². The fraction of sp³-hybridized carbons (Fsp3) is 0.615. The van der Waals surface area contributed by atoms with Crippen LogP contribution in [0.15, 0.2) is 12.4 Å². The molecule has 19 heavy (non-hydrogen) atoms. The molecule has 1 atom stereocenters. The highest BCUT2D eigenvalue weighted by atomic mass is 15.4. The summed E-state index contributed by atoms with van der Waals surface area (Å²) in [5.74, 6) is 2.50. The molecule has 6 heteroatoms. The molecule has 2 aromatic rings. The van der Waals surface area contributed by atoms with Crippen LogP contribution in [-0.2, 0) is 0 Å². The van der Waals surface area contributed by atoms with Gasteiger partial charge in [-0.25, -0.2) is 4.98 Å². The Morgan fingerprint density at radius 1 is 1.47 bits per heavy atom. The molecule has 2 aromatic heterocycles. The summed E-state index contributed by atoms with van der Waals surface area (Å²) < 4.78 is 1.84. The van der Waals surface area contributed by atoms with Crippen LogP contribution in [0.2, 0.25) is 0 Å². The van der Waals surface area contributed by atoms with Crippen LogP contribution in [0, 0.1) is 12.8 Å². The van der Waals surface area contributed by atoms with Crippen LogP contribution in [0.1, 0.15) is 18.5 Å². The summed E-state index contributed by atoms with van der Waals surface area (Å²) in [5, 5.41) is 7.57. The molecule has 102 valence electrons. The number of piperidine rings is 1. The summed E-state index contributed by atoms with van der Waals surface area (Å²) in [6.45, 7) is 5.23. The Bertz CT molecular complexity index is 561. The van der Waals surface area contributed by atoms with E-state index >= 15 is 0 Å². The molecule has 0 spiro atoms. The number of nitrogens with one attached hydrogen (secondary N) is 1. The minimum absolute atomic E-state index is 0.686. The van der Waals surface area contributed by atoms with E-state index in [0.29, 0.717) is 11.7 Å². The highest BCUT2D eigenvalue weighted by Gasteiger charge is 2.22. The topological polar surface area (TPSA) is 58.3 Å². The first kappa shape index (κ1) is 12.3. The zero-order valence-electron chi connectivity index (χ0n) is 11.5. The maximum absolute atomic E-state index is 4.40. The Hall–Kier alpha value is -1.69. The molecule has 6 nitrogen and oxygen atoms in total. The van der Waals surface area contributed by atoms with Crippen molar-refractivity contribution < 1.29 is 0 Å². The number of hydrogen-bond acceptors (Lipinski definition) is 5. The average Bonchev–Trinajstić information content (AvgIpc) is 2.86. The quantitative estimate of drug-likeness (QED) is 0.887. The van der Waals surface area contributed by atoms with Gasteiger partial charge in [-0.3, -0.25) is 0 Å². The van der Waals surface area contributed by atoms with Crippen molar-refractivity contribution in [1.82, 2.24) is 24.9 Å². The molecule has 3 rings (SSSR count).